The van der Waals surface area contributed by atoms with Gasteiger partial charge in [-0.3, -0.25) is 0 Å². The van der Waals surface area contributed by atoms with Crippen LogP contribution in [0.4, 0.5) is 14.5 Å². The van der Waals surface area contributed by atoms with Crippen LogP contribution >= 0.6 is 23.2 Å². The molecule has 0 aromatic heterocycles. The molecule has 0 fully saturated rings. The number of anilines is 1. The normalized spacial score (nSPS) is 12.6. The average molecular weight is 326 g/mol. The lowest BCUT2D eigenvalue weighted by atomic mass is 10.1. The molecule has 20 heavy (non-hydrogen) atoms. The monoisotopic (exact) mass is 325 g/mol. The smallest absolute Gasteiger partial charge is 0.387 e. The standard InChI is InChI=1S/C14H19Cl2F2NO/c1-3-5-6-9(4-2)19-10-7-11(15)13(12(16)8-10)20-14(17)18/h7-9,14,19H,3-6H2,1-2H3. The van der Waals surface area contributed by atoms with Gasteiger partial charge in [-0.05, 0) is 25.0 Å². The van der Waals surface area contributed by atoms with Crippen LogP contribution < -0.4 is 10.1 Å². The average Bonchev–Trinajstić information content (AvgIpc) is 2.38. The van der Waals surface area contributed by atoms with Gasteiger partial charge in [-0.2, -0.15) is 8.78 Å². The second-order valence-electron chi connectivity index (χ2n) is 4.54. The molecule has 114 valence electrons. The molecule has 6 heteroatoms. The number of unbranched alkanes of at least 4 members (excludes halogenated alkanes) is 1. The highest BCUT2D eigenvalue weighted by Gasteiger charge is 2.15. The zero-order chi connectivity index (χ0) is 15.1. The van der Waals surface area contributed by atoms with Crippen molar-refractivity contribution >= 4 is 28.9 Å². The molecular weight excluding hydrogens is 307 g/mol. The van der Waals surface area contributed by atoms with Crippen molar-refractivity contribution in [2.45, 2.75) is 52.2 Å². The quantitative estimate of drug-likeness (QED) is 0.635. The number of hydrogen-bond donors (Lipinski definition) is 1. The summed E-state index contributed by atoms with van der Waals surface area (Å²) in [6.07, 6.45) is 4.25. The zero-order valence-corrected chi connectivity index (χ0v) is 13.1. The Morgan fingerprint density at radius 3 is 2.25 bits per heavy atom. The largest absolute Gasteiger partial charge is 0.432 e. The van der Waals surface area contributed by atoms with Gasteiger partial charge in [0.2, 0.25) is 0 Å². The molecule has 0 spiro atoms. The van der Waals surface area contributed by atoms with Crippen LogP contribution in [-0.2, 0) is 0 Å². The number of alkyl halides is 2. The van der Waals surface area contributed by atoms with Crippen LogP contribution in [0.2, 0.25) is 10.0 Å². The van der Waals surface area contributed by atoms with Crippen LogP contribution in [0.25, 0.3) is 0 Å². The summed E-state index contributed by atoms with van der Waals surface area (Å²) in [5, 5.41) is 3.46. The Morgan fingerprint density at radius 2 is 1.80 bits per heavy atom. The first-order valence-corrected chi connectivity index (χ1v) is 7.43. The van der Waals surface area contributed by atoms with Crippen molar-refractivity contribution in [1.29, 1.82) is 0 Å². The predicted molar refractivity (Wildman–Crippen MR) is 80.3 cm³/mol. The lowest BCUT2D eigenvalue weighted by Crippen LogP contribution is -2.18. The van der Waals surface area contributed by atoms with Crippen molar-refractivity contribution < 1.29 is 13.5 Å². The topological polar surface area (TPSA) is 21.3 Å². The van der Waals surface area contributed by atoms with Gasteiger partial charge in [0.1, 0.15) is 0 Å². The van der Waals surface area contributed by atoms with Gasteiger partial charge in [-0.1, -0.05) is 49.9 Å². The first-order valence-electron chi connectivity index (χ1n) is 6.68. The van der Waals surface area contributed by atoms with Crippen molar-refractivity contribution in [2.24, 2.45) is 0 Å². The summed E-state index contributed by atoms with van der Waals surface area (Å²) in [7, 11) is 0. The number of nitrogens with one attached hydrogen (secondary N) is 1. The summed E-state index contributed by atoms with van der Waals surface area (Å²) < 4.78 is 28.8. The van der Waals surface area contributed by atoms with Gasteiger partial charge in [0.15, 0.2) is 5.75 Å². The molecule has 1 unspecified atom stereocenters. The molecule has 0 aliphatic carbocycles. The van der Waals surface area contributed by atoms with E-state index in [0.717, 1.165) is 25.7 Å². The molecular formula is C14H19Cl2F2NO. The Labute approximate surface area is 128 Å². The van der Waals surface area contributed by atoms with Crippen LogP contribution in [0.1, 0.15) is 39.5 Å². The minimum Gasteiger partial charge on any atom is -0.432 e. The van der Waals surface area contributed by atoms with E-state index in [2.05, 4.69) is 23.9 Å². The molecule has 1 atom stereocenters. The molecule has 0 saturated heterocycles. The van der Waals surface area contributed by atoms with E-state index in [1.807, 2.05) is 0 Å². The Kier molecular flexibility index (Phi) is 7.38. The molecule has 1 N–H and O–H groups in total. The second-order valence-corrected chi connectivity index (χ2v) is 5.35. The summed E-state index contributed by atoms with van der Waals surface area (Å²) >= 11 is 11.9. The fourth-order valence-electron chi connectivity index (χ4n) is 1.91. The number of rotatable bonds is 8. The molecule has 1 aromatic carbocycles. The molecule has 0 bridgehead atoms. The van der Waals surface area contributed by atoms with E-state index in [-0.39, 0.29) is 15.8 Å². The number of ether oxygens (including phenoxy) is 1. The number of benzene rings is 1. The first-order chi connectivity index (χ1) is 9.47. The second kappa shape index (κ2) is 8.53. The Morgan fingerprint density at radius 1 is 1.20 bits per heavy atom. The molecule has 0 amide bonds. The predicted octanol–water partition coefficient (Wildman–Crippen LogP) is 5.98. The zero-order valence-electron chi connectivity index (χ0n) is 11.6. The van der Waals surface area contributed by atoms with Crippen LogP contribution in [-0.4, -0.2) is 12.7 Å². The summed E-state index contributed by atoms with van der Waals surface area (Å²) in [6.45, 7) is 1.28. The summed E-state index contributed by atoms with van der Waals surface area (Å²) in [4.78, 5) is 0. The van der Waals surface area contributed by atoms with E-state index >= 15 is 0 Å². The number of hydrogen-bond acceptors (Lipinski definition) is 2. The maximum absolute atomic E-state index is 12.2. The van der Waals surface area contributed by atoms with Gasteiger partial charge in [0.25, 0.3) is 0 Å². The van der Waals surface area contributed by atoms with Crippen molar-refractivity contribution in [1.82, 2.24) is 0 Å². The minimum absolute atomic E-state index is 0.0747. The molecule has 0 aliphatic rings. The maximum Gasteiger partial charge on any atom is 0.387 e. The Balaban J connectivity index is 2.81. The van der Waals surface area contributed by atoms with E-state index in [1.54, 1.807) is 12.1 Å². The van der Waals surface area contributed by atoms with E-state index < -0.39 is 6.61 Å². The Hall–Kier alpha value is -0.740. The van der Waals surface area contributed by atoms with E-state index in [4.69, 9.17) is 23.2 Å². The molecule has 0 heterocycles. The first kappa shape index (κ1) is 17.3. The summed E-state index contributed by atoms with van der Waals surface area (Å²) in [6, 6.07) is 3.42. The third kappa shape index (κ3) is 5.33. The van der Waals surface area contributed by atoms with Crippen molar-refractivity contribution in [3.8, 4) is 5.75 Å². The lowest BCUT2D eigenvalue weighted by Gasteiger charge is -2.19. The van der Waals surface area contributed by atoms with Gasteiger partial charge >= 0.3 is 6.61 Å². The van der Waals surface area contributed by atoms with Crippen LogP contribution in [0.3, 0.4) is 0 Å². The van der Waals surface area contributed by atoms with Crippen LogP contribution in [0, 0.1) is 0 Å². The highest BCUT2D eigenvalue weighted by molar-refractivity contribution is 6.37. The maximum atomic E-state index is 12.2. The van der Waals surface area contributed by atoms with Crippen molar-refractivity contribution in [3.63, 3.8) is 0 Å². The van der Waals surface area contributed by atoms with E-state index in [1.165, 1.54) is 0 Å². The lowest BCUT2D eigenvalue weighted by molar-refractivity contribution is -0.0497. The fourth-order valence-corrected chi connectivity index (χ4v) is 2.49. The SMILES string of the molecule is CCCCC(CC)Nc1cc(Cl)c(OC(F)F)c(Cl)c1. The van der Waals surface area contributed by atoms with Crippen molar-refractivity contribution in [3.05, 3.63) is 22.2 Å². The highest BCUT2D eigenvalue weighted by Crippen LogP contribution is 2.37. The third-order valence-corrected chi connectivity index (χ3v) is 3.54. The van der Waals surface area contributed by atoms with Crippen molar-refractivity contribution in [2.75, 3.05) is 5.32 Å². The van der Waals surface area contributed by atoms with E-state index in [9.17, 15) is 8.78 Å². The van der Waals surface area contributed by atoms with Gasteiger partial charge in [-0.15, -0.1) is 0 Å². The van der Waals surface area contributed by atoms with E-state index in [0.29, 0.717) is 11.7 Å². The molecule has 0 radical (unpaired) electrons. The highest BCUT2D eigenvalue weighted by atomic mass is 35.5. The Bertz CT molecular complexity index is 407. The molecule has 1 aromatic rings. The number of halogens is 4. The van der Waals surface area contributed by atoms with Gasteiger partial charge in [0.05, 0.1) is 10.0 Å². The molecule has 0 aliphatic heterocycles. The van der Waals surface area contributed by atoms with Gasteiger partial charge < -0.3 is 10.1 Å². The van der Waals surface area contributed by atoms with Gasteiger partial charge in [0, 0.05) is 11.7 Å². The third-order valence-electron chi connectivity index (χ3n) is 2.97. The fraction of sp³-hybridized carbons (Fsp3) is 0.571. The summed E-state index contributed by atoms with van der Waals surface area (Å²) in [5.41, 5.74) is 0.713. The minimum atomic E-state index is -2.95. The summed E-state index contributed by atoms with van der Waals surface area (Å²) in [5.74, 6) is -0.185. The van der Waals surface area contributed by atoms with Crippen LogP contribution in [0.15, 0.2) is 12.1 Å². The molecule has 2 nitrogen and oxygen atoms in total. The molecule has 1 rings (SSSR count). The van der Waals surface area contributed by atoms with Crippen LogP contribution in [0.5, 0.6) is 5.75 Å². The molecule has 0 saturated carbocycles. The van der Waals surface area contributed by atoms with Gasteiger partial charge in [-0.25, -0.2) is 0 Å².